The molecule has 3 heterocycles. The summed E-state index contributed by atoms with van der Waals surface area (Å²) in [5.74, 6) is 0.719. The Morgan fingerprint density at radius 3 is 2.29 bits per heavy atom. The highest BCUT2D eigenvalue weighted by atomic mass is 32.2. The molecule has 0 N–H and O–H groups in total. The van der Waals surface area contributed by atoms with Crippen LogP contribution in [0.4, 0.5) is 4.79 Å². The first kappa shape index (κ1) is 39.1. The van der Waals surface area contributed by atoms with E-state index in [0.29, 0.717) is 66.3 Å². The van der Waals surface area contributed by atoms with E-state index in [9.17, 15) is 22.8 Å². The molecule has 3 aromatic carbocycles. The van der Waals surface area contributed by atoms with Crippen molar-refractivity contribution in [3.05, 3.63) is 107 Å². The summed E-state index contributed by atoms with van der Waals surface area (Å²) in [6.45, 7) is 9.16. The molecule has 5 aromatic rings. The molecule has 55 heavy (non-hydrogen) atoms. The van der Waals surface area contributed by atoms with E-state index in [-0.39, 0.29) is 34.8 Å². The molecule has 1 aliphatic heterocycles. The number of fused-ring (bicyclic) bond motifs is 1. The number of hydrogen-bond donors (Lipinski definition) is 0. The third-order valence-electron chi connectivity index (χ3n) is 9.09. The number of methoxy groups -OCH3 is 1. The minimum Gasteiger partial charge on any atom is -0.491 e. The summed E-state index contributed by atoms with van der Waals surface area (Å²) < 4.78 is 58.7. The van der Waals surface area contributed by atoms with Crippen LogP contribution in [0.25, 0.3) is 22.0 Å². The van der Waals surface area contributed by atoms with E-state index in [4.69, 9.17) is 23.7 Å². The number of amides is 1. The van der Waals surface area contributed by atoms with Crippen LogP contribution in [0.3, 0.4) is 0 Å². The van der Waals surface area contributed by atoms with Gasteiger partial charge in [-0.1, -0.05) is 23.8 Å². The number of nitrogens with zero attached hydrogens (tertiary/aromatic N) is 3. The molecule has 0 bridgehead atoms. The van der Waals surface area contributed by atoms with Gasteiger partial charge in [0.05, 0.1) is 30.3 Å². The van der Waals surface area contributed by atoms with E-state index in [0.717, 1.165) is 9.54 Å². The predicted molar refractivity (Wildman–Crippen MR) is 207 cm³/mol. The number of hydrogen-bond acceptors (Lipinski definition) is 10. The first-order valence-corrected chi connectivity index (χ1v) is 19.3. The second-order valence-corrected chi connectivity index (χ2v) is 16.1. The van der Waals surface area contributed by atoms with Crippen molar-refractivity contribution in [2.45, 2.75) is 57.1 Å². The molecule has 0 saturated carbocycles. The Morgan fingerprint density at radius 2 is 1.60 bits per heavy atom. The number of piperidine rings is 1. The fourth-order valence-electron chi connectivity index (χ4n) is 6.30. The standard InChI is InChI=1S/C41H45N3O10S/c1-27-10-13-32(14-11-27)55(48,49)44-21-18-33-35(26-42(5)38(45)37(33)44)34-24-28(39(46)50-6)12-15-36(34)53-31-9-7-8-30(25-31)52-23-22-51-29-16-19-43(20-17-29)40(47)54-41(2,3)4/h7-15,18,21,24-26,29H,16-17,19-20,22-23H2,1-6H3. The lowest BCUT2D eigenvalue weighted by atomic mass is 10.00. The molecule has 14 heteroatoms. The first-order chi connectivity index (χ1) is 26.1. The van der Waals surface area contributed by atoms with Crippen molar-refractivity contribution in [1.29, 1.82) is 0 Å². The second-order valence-electron chi connectivity index (χ2n) is 14.3. The van der Waals surface area contributed by atoms with Crippen LogP contribution in [0.15, 0.2) is 94.9 Å². The van der Waals surface area contributed by atoms with Gasteiger partial charge in [0.15, 0.2) is 0 Å². The van der Waals surface area contributed by atoms with Gasteiger partial charge in [0, 0.05) is 55.1 Å². The Balaban J connectivity index is 1.21. The van der Waals surface area contributed by atoms with Gasteiger partial charge in [-0.05, 0) is 89.1 Å². The van der Waals surface area contributed by atoms with Crippen LogP contribution in [-0.4, -0.2) is 79.0 Å². The number of aromatic nitrogens is 2. The number of carbonyl (C=O) groups is 2. The minimum absolute atomic E-state index is 0.00639. The molecule has 13 nitrogen and oxygen atoms in total. The lowest BCUT2D eigenvalue weighted by Gasteiger charge is -2.33. The van der Waals surface area contributed by atoms with Crippen molar-refractivity contribution in [2.75, 3.05) is 33.4 Å². The predicted octanol–water partition coefficient (Wildman–Crippen LogP) is 6.93. The van der Waals surface area contributed by atoms with Crippen LogP contribution in [0.1, 0.15) is 49.5 Å². The molecular formula is C41H45N3O10S. The van der Waals surface area contributed by atoms with Gasteiger partial charge in [0.2, 0.25) is 0 Å². The first-order valence-electron chi connectivity index (χ1n) is 17.9. The van der Waals surface area contributed by atoms with E-state index >= 15 is 0 Å². The summed E-state index contributed by atoms with van der Waals surface area (Å²) in [5, 5.41) is 0.346. The highest BCUT2D eigenvalue weighted by molar-refractivity contribution is 7.90. The molecule has 1 saturated heterocycles. The molecule has 0 atom stereocenters. The number of benzene rings is 3. The summed E-state index contributed by atoms with van der Waals surface area (Å²) in [5.41, 5.74) is 0.881. The Kier molecular flexibility index (Phi) is 11.4. The quantitative estimate of drug-likeness (QED) is 0.102. The molecule has 1 aliphatic rings. The number of carbonyl (C=O) groups excluding carboxylic acids is 2. The summed E-state index contributed by atoms with van der Waals surface area (Å²) in [4.78, 5) is 40.4. The van der Waals surface area contributed by atoms with E-state index in [1.54, 1.807) is 71.8 Å². The third kappa shape index (κ3) is 8.87. The third-order valence-corrected chi connectivity index (χ3v) is 10.8. The molecule has 1 fully saturated rings. The average molecular weight is 772 g/mol. The average Bonchev–Trinajstić information content (AvgIpc) is 3.61. The Labute approximate surface area is 320 Å². The van der Waals surface area contributed by atoms with Gasteiger partial charge >= 0.3 is 12.1 Å². The minimum atomic E-state index is -4.14. The Bertz CT molecular complexity index is 2370. The zero-order valence-corrected chi connectivity index (χ0v) is 32.6. The largest absolute Gasteiger partial charge is 0.491 e. The molecule has 0 aliphatic carbocycles. The molecular weight excluding hydrogens is 727 g/mol. The van der Waals surface area contributed by atoms with Crippen molar-refractivity contribution >= 4 is 33.0 Å². The van der Waals surface area contributed by atoms with Gasteiger partial charge in [0.25, 0.3) is 15.6 Å². The molecule has 1 amide bonds. The lowest BCUT2D eigenvalue weighted by Crippen LogP contribution is -2.43. The maximum atomic E-state index is 13.8. The number of pyridine rings is 1. The summed E-state index contributed by atoms with van der Waals surface area (Å²) in [6, 6.07) is 19.8. The molecule has 290 valence electrons. The molecule has 0 spiro atoms. The van der Waals surface area contributed by atoms with Crippen LogP contribution >= 0.6 is 0 Å². The highest BCUT2D eigenvalue weighted by Crippen LogP contribution is 2.39. The second kappa shape index (κ2) is 16.0. The van der Waals surface area contributed by atoms with Crippen molar-refractivity contribution in [3.8, 4) is 28.4 Å². The fourth-order valence-corrected chi connectivity index (χ4v) is 7.65. The number of rotatable bonds is 11. The SMILES string of the molecule is COC(=O)c1ccc(Oc2cccc(OCCOC3CCN(C(=O)OC(C)(C)C)CC3)c2)c(-c2cn(C)c(=O)c3c2ccn3S(=O)(=O)c2ccc(C)cc2)c1. The van der Waals surface area contributed by atoms with Crippen LogP contribution in [0.5, 0.6) is 17.2 Å². The highest BCUT2D eigenvalue weighted by Gasteiger charge is 2.28. The monoisotopic (exact) mass is 771 g/mol. The van der Waals surface area contributed by atoms with Gasteiger partial charge in [-0.15, -0.1) is 0 Å². The van der Waals surface area contributed by atoms with Crippen molar-refractivity contribution in [2.24, 2.45) is 7.05 Å². The Hall–Kier alpha value is -5.60. The van der Waals surface area contributed by atoms with Crippen LogP contribution in [0.2, 0.25) is 0 Å². The maximum Gasteiger partial charge on any atom is 0.410 e. The number of ether oxygens (including phenoxy) is 5. The Morgan fingerprint density at radius 1 is 0.891 bits per heavy atom. The topological polar surface area (TPSA) is 145 Å². The molecule has 0 unspecified atom stereocenters. The maximum absolute atomic E-state index is 13.8. The zero-order chi connectivity index (χ0) is 39.5. The van der Waals surface area contributed by atoms with Gasteiger partial charge in [-0.25, -0.2) is 22.0 Å². The van der Waals surface area contributed by atoms with Gasteiger partial charge in [0.1, 0.15) is 35.0 Å². The van der Waals surface area contributed by atoms with Crippen LogP contribution in [-0.2, 0) is 31.3 Å². The molecule has 0 radical (unpaired) electrons. The van der Waals surface area contributed by atoms with Crippen LogP contribution < -0.4 is 15.0 Å². The smallest absolute Gasteiger partial charge is 0.410 e. The van der Waals surface area contributed by atoms with E-state index < -0.39 is 27.2 Å². The van der Waals surface area contributed by atoms with Crippen molar-refractivity contribution in [1.82, 2.24) is 13.4 Å². The number of aryl methyl sites for hydroxylation is 2. The summed E-state index contributed by atoms with van der Waals surface area (Å²) in [6.07, 6.45) is 4.04. The van der Waals surface area contributed by atoms with E-state index in [2.05, 4.69) is 0 Å². The van der Waals surface area contributed by atoms with Gasteiger partial charge < -0.3 is 33.2 Å². The fraction of sp³-hybridized carbons (Fsp3) is 0.341. The van der Waals surface area contributed by atoms with Crippen molar-refractivity contribution in [3.63, 3.8) is 0 Å². The van der Waals surface area contributed by atoms with E-state index in [1.807, 2.05) is 27.7 Å². The number of likely N-dealkylation sites (tertiary alicyclic amines) is 1. The lowest BCUT2D eigenvalue weighted by molar-refractivity contribution is -0.0177. The van der Waals surface area contributed by atoms with Crippen LogP contribution in [0, 0.1) is 6.92 Å². The van der Waals surface area contributed by atoms with Crippen molar-refractivity contribution < 1.29 is 41.7 Å². The summed E-state index contributed by atoms with van der Waals surface area (Å²) in [7, 11) is -1.33. The normalized spacial score (nSPS) is 13.8. The molecule has 6 rings (SSSR count). The van der Waals surface area contributed by atoms with Gasteiger partial charge in [-0.2, -0.15) is 0 Å². The zero-order valence-electron chi connectivity index (χ0n) is 31.7. The summed E-state index contributed by atoms with van der Waals surface area (Å²) >= 11 is 0. The molecule has 2 aromatic heterocycles. The number of esters is 1. The van der Waals surface area contributed by atoms with E-state index in [1.165, 1.54) is 37.1 Å². The van der Waals surface area contributed by atoms with Gasteiger partial charge in [-0.3, -0.25) is 4.79 Å².